The van der Waals surface area contributed by atoms with Crippen molar-refractivity contribution in [1.29, 1.82) is 5.26 Å². The molecule has 3 aromatic rings. The fourth-order valence-electron chi connectivity index (χ4n) is 4.28. The molecule has 1 fully saturated rings. The zero-order chi connectivity index (χ0) is 24.2. The van der Waals surface area contributed by atoms with Crippen molar-refractivity contribution in [3.8, 4) is 28.8 Å². The molecule has 7 nitrogen and oxygen atoms in total. The Bertz CT molecular complexity index is 1230. The topological polar surface area (TPSA) is 74.5 Å². The molecule has 1 aromatic heterocycles. The highest BCUT2D eigenvalue weighted by molar-refractivity contribution is 7.98. The summed E-state index contributed by atoms with van der Waals surface area (Å²) in [6, 6.07) is 14.4. The fraction of sp³-hybridized carbons (Fsp3) is 0.346. The maximum Gasteiger partial charge on any atom is 0.189 e. The van der Waals surface area contributed by atoms with Crippen LogP contribution in [0, 0.1) is 25.2 Å². The number of hydrogen-bond acceptors (Lipinski definition) is 8. The summed E-state index contributed by atoms with van der Waals surface area (Å²) in [5.74, 6) is 1.91. The third-order valence-corrected chi connectivity index (χ3v) is 6.86. The first kappa shape index (κ1) is 23.7. The lowest BCUT2D eigenvalue weighted by Gasteiger charge is -2.38. The minimum absolute atomic E-state index is 0.477. The zero-order valence-electron chi connectivity index (χ0n) is 20.3. The van der Waals surface area contributed by atoms with Crippen LogP contribution < -0.4 is 19.3 Å². The molecule has 8 heteroatoms. The van der Waals surface area contributed by atoms with E-state index in [0.717, 1.165) is 31.7 Å². The van der Waals surface area contributed by atoms with E-state index in [0.29, 0.717) is 33.7 Å². The van der Waals surface area contributed by atoms with Crippen LogP contribution in [-0.2, 0) is 0 Å². The molecule has 0 aliphatic carbocycles. The van der Waals surface area contributed by atoms with Gasteiger partial charge in [0.15, 0.2) is 22.5 Å². The van der Waals surface area contributed by atoms with Crippen LogP contribution in [0.2, 0.25) is 0 Å². The standard InChI is InChI=1S/C26H29N5O2S/c1-17-7-6-8-21(18(17)2)30-11-13-31(14-12-30)25-20(16-27)24(28-26(29-25)34-5)19-9-10-22(32-3)23(15-19)33-4/h6-10,15H,11-14H2,1-5H3. The summed E-state index contributed by atoms with van der Waals surface area (Å²) in [5.41, 5.74) is 5.77. The molecule has 1 saturated heterocycles. The lowest BCUT2D eigenvalue weighted by molar-refractivity contribution is 0.355. The van der Waals surface area contributed by atoms with Gasteiger partial charge in [-0.3, -0.25) is 0 Å². The van der Waals surface area contributed by atoms with E-state index < -0.39 is 0 Å². The van der Waals surface area contributed by atoms with Crippen LogP contribution in [0.4, 0.5) is 11.5 Å². The van der Waals surface area contributed by atoms with Gasteiger partial charge in [0.05, 0.1) is 19.9 Å². The third kappa shape index (κ3) is 4.48. The number of nitriles is 1. The average molecular weight is 476 g/mol. The second-order valence-corrected chi connectivity index (χ2v) is 8.91. The van der Waals surface area contributed by atoms with Crippen LogP contribution in [0.5, 0.6) is 11.5 Å². The summed E-state index contributed by atoms with van der Waals surface area (Å²) in [6.07, 6.45) is 1.95. The maximum atomic E-state index is 10.1. The quantitative estimate of drug-likeness (QED) is 0.375. The predicted molar refractivity (Wildman–Crippen MR) is 137 cm³/mol. The number of aromatic nitrogens is 2. The van der Waals surface area contributed by atoms with Gasteiger partial charge in [0, 0.05) is 37.4 Å². The normalized spacial score (nSPS) is 13.5. The number of methoxy groups -OCH3 is 2. The lowest BCUT2D eigenvalue weighted by atomic mass is 10.0. The Morgan fingerprint density at radius 3 is 2.29 bits per heavy atom. The van der Waals surface area contributed by atoms with Gasteiger partial charge in [0.25, 0.3) is 0 Å². The van der Waals surface area contributed by atoms with Crippen molar-refractivity contribution in [2.75, 3.05) is 56.5 Å². The van der Waals surface area contributed by atoms with Gasteiger partial charge in [-0.05, 0) is 55.5 Å². The highest BCUT2D eigenvalue weighted by atomic mass is 32.2. The van der Waals surface area contributed by atoms with Crippen molar-refractivity contribution < 1.29 is 9.47 Å². The van der Waals surface area contributed by atoms with Gasteiger partial charge in [0.2, 0.25) is 0 Å². The van der Waals surface area contributed by atoms with E-state index in [-0.39, 0.29) is 0 Å². The molecular formula is C26H29N5O2S. The Morgan fingerprint density at radius 2 is 1.65 bits per heavy atom. The highest BCUT2D eigenvalue weighted by Crippen LogP contribution is 2.36. The number of hydrogen-bond donors (Lipinski definition) is 0. The monoisotopic (exact) mass is 475 g/mol. The zero-order valence-corrected chi connectivity index (χ0v) is 21.1. The van der Waals surface area contributed by atoms with Crippen LogP contribution in [0.25, 0.3) is 11.3 Å². The molecule has 0 atom stereocenters. The first-order chi connectivity index (χ1) is 16.5. The highest BCUT2D eigenvalue weighted by Gasteiger charge is 2.25. The van der Waals surface area contributed by atoms with E-state index >= 15 is 0 Å². The Kier molecular flexibility index (Phi) is 7.13. The van der Waals surface area contributed by atoms with E-state index in [9.17, 15) is 5.26 Å². The second kappa shape index (κ2) is 10.2. The number of benzene rings is 2. The molecule has 176 valence electrons. The molecule has 0 bridgehead atoms. The van der Waals surface area contributed by atoms with Gasteiger partial charge >= 0.3 is 0 Å². The summed E-state index contributed by atoms with van der Waals surface area (Å²) in [4.78, 5) is 14.1. The van der Waals surface area contributed by atoms with Crippen molar-refractivity contribution in [2.45, 2.75) is 19.0 Å². The average Bonchev–Trinajstić information content (AvgIpc) is 2.89. The van der Waals surface area contributed by atoms with E-state index in [4.69, 9.17) is 19.4 Å². The van der Waals surface area contributed by atoms with Gasteiger partial charge in [-0.15, -0.1) is 0 Å². The Hall–Kier alpha value is -3.44. The Morgan fingerprint density at radius 1 is 0.941 bits per heavy atom. The number of anilines is 2. The smallest absolute Gasteiger partial charge is 0.189 e. The van der Waals surface area contributed by atoms with Crippen LogP contribution in [0.3, 0.4) is 0 Å². The number of nitrogens with zero attached hydrogens (tertiary/aromatic N) is 5. The predicted octanol–water partition coefficient (Wildman–Crippen LogP) is 4.70. The first-order valence-corrected chi connectivity index (χ1v) is 12.4. The Balaban J connectivity index is 1.68. The number of thioether (sulfide) groups is 1. The minimum atomic E-state index is 0.477. The molecule has 0 unspecified atom stereocenters. The molecule has 2 heterocycles. The van der Waals surface area contributed by atoms with E-state index in [1.165, 1.54) is 28.6 Å². The number of rotatable bonds is 6. The van der Waals surface area contributed by atoms with Crippen molar-refractivity contribution in [3.63, 3.8) is 0 Å². The largest absolute Gasteiger partial charge is 0.493 e. The number of ether oxygens (including phenoxy) is 2. The molecule has 1 aliphatic rings. The summed E-state index contributed by atoms with van der Waals surface area (Å²) in [5, 5.41) is 10.8. The van der Waals surface area contributed by atoms with Crippen LogP contribution >= 0.6 is 11.8 Å². The summed E-state index contributed by atoms with van der Waals surface area (Å²) in [7, 11) is 3.20. The van der Waals surface area contributed by atoms with E-state index in [1.54, 1.807) is 14.2 Å². The van der Waals surface area contributed by atoms with Crippen molar-refractivity contribution in [1.82, 2.24) is 9.97 Å². The van der Waals surface area contributed by atoms with E-state index in [2.05, 4.69) is 47.9 Å². The number of piperazine rings is 1. The molecule has 0 spiro atoms. The van der Waals surface area contributed by atoms with Gasteiger partial charge in [-0.1, -0.05) is 23.9 Å². The van der Waals surface area contributed by atoms with Gasteiger partial charge in [-0.2, -0.15) is 5.26 Å². The lowest BCUT2D eigenvalue weighted by Crippen LogP contribution is -2.47. The third-order valence-electron chi connectivity index (χ3n) is 6.32. The fourth-order valence-corrected chi connectivity index (χ4v) is 4.64. The number of aryl methyl sites for hydroxylation is 1. The van der Waals surface area contributed by atoms with Crippen LogP contribution in [0.15, 0.2) is 41.6 Å². The molecule has 0 N–H and O–H groups in total. The molecule has 34 heavy (non-hydrogen) atoms. The minimum Gasteiger partial charge on any atom is -0.493 e. The molecule has 1 aliphatic heterocycles. The molecule has 0 saturated carbocycles. The van der Waals surface area contributed by atoms with Crippen molar-refractivity contribution >= 4 is 23.3 Å². The second-order valence-electron chi connectivity index (χ2n) is 8.13. The maximum absolute atomic E-state index is 10.1. The molecule has 4 rings (SSSR count). The van der Waals surface area contributed by atoms with E-state index in [1.807, 2.05) is 24.5 Å². The SMILES string of the molecule is COc1ccc(-c2nc(SC)nc(N3CCN(c4cccc(C)c4C)CC3)c2C#N)cc1OC. The Labute approximate surface area is 205 Å². The summed E-state index contributed by atoms with van der Waals surface area (Å²) < 4.78 is 10.8. The summed E-state index contributed by atoms with van der Waals surface area (Å²) >= 11 is 1.47. The molecule has 2 aromatic carbocycles. The first-order valence-electron chi connectivity index (χ1n) is 11.1. The molecule has 0 amide bonds. The van der Waals surface area contributed by atoms with Gasteiger partial charge < -0.3 is 19.3 Å². The molecular weight excluding hydrogens is 446 g/mol. The van der Waals surface area contributed by atoms with Gasteiger partial charge in [-0.25, -0.2) is 9.97 Å². The van der Waals surface area contributed by atoms with Crippen LogP contribution in [0.1, 0.15) is 16.7 Å². The van der Waals surface area contributed by atoms with Crippen molar-refractivity contribution in [3.05, 3.63) is 53.1 Å². The van der Waals surface area contributed by atoms with Crippen molar-refractivity contribution in [2.24, 2.45) is 0 Å². The van der Waals surface area contributed by atoms with Gasteiger partial charge in [0.1, 0.15) is 11.6 Å². The van der Waals surface area contributed by atoms with Crippen LogP contribution in [-0.4, -0.2) is 56.6 Å². The molecule has 0 radical (unpaired) electrons. The summed E-state index contributed by atoms with van der Waals surface area (Å²) in [6.45, 7) is 7.60.